The van der Waals surface area contributed by atoms with Crippen LogP contribution in [0.5, 0.6) is 5.75 Å². The number of carbonyl (C=O) groups is 4. The molecule has 47 heavy (non-hydrogen) atoms. The summed E-state index contributed by atoms with van der Waals surface area (Å²) in [5.41, 5.74) is 0. The van der Waals surface area contributed by atoms with Crippen LogP contribution in [0, 0.1) is 40.9 Å². The second-order valence-electron chi connectivity index (χ2n) is 12.9. The topological polar surface area (TPSA) is 165 Å². The van der Waals surface area contributed by atoms with E-state index in [0.717, 1.165) is 36.8 Å². The van der Waals surface area contributed by atoms with E-state index in [4.69, 9.17) is 10.00 Å². The Morgan fingerprint density at radius 3 is 2.11 bits per heavy atom. The van der Waals surface area contributed by atoms with Crippen LogP contribution in [0.15, 0.2) is 18.3 Å². The van der Waals surface area contributed by atoms with E-state index in [1.54, 1.807) is 13.2 Å². The highest BCUT2D eigenvalue weighted by atomic mass is 16.5. The Balaban J connectivity index is 0.000000348. The van der Waals surface area contributed by atoms with Gasteiger partial charge in [-0.15, -0.1) is 0 Å². The number of fused-ring (bicyclic) bond motifs is 1. The Morgan fingerprint density at radius 1 is 1.09 bits per heavy atom. The molecule has 4 fully saturated rings. The third-order valence-corrected chi connectivity index (χ3v) is 8.35. The molecule has 264 valence electrons. The number of nitrogens with zero attached hydrogens (tertiary/aromatic N) is 4. The predicted octanol–water partition coefficient (Wildman–Crippen LogP) is 4.60. The zero-order chi connectivity index (χ0) is 35.4. The quantitative estimate of drug-likeness (QED) is 0.341. The summed E-state index contributed by atoms with van der Waals surface area (Å²) in [5.74, 6) is 2.35. The fourth-order valence-corrected chi connectivity index (χ4v) is 5.61. The average Bonchev–Trinajstić information content (AvgIpc) is 3.69. The van der Waals surface area contributed by atoms with E-state index in [2.05, 4.69) is 43.3 Å². The van der Waals surface area contributed by atoms with E-state index in [9.17, 15) is 24.3 Å². The molecule has 2 saturated carbocycles. The van der Waals surface area contributed by atoms with Crippen molar-refractivity contribution >= 4 is 30.5 Å². The van der Waals surface area contributed by atoms with Gasteiger partial charge in [0, 0.05) is 32.9 Å². The van der Waals surface area contributed by atoms with Crippen molar-refractivity contribution in [1.82, 2.24) is 20.1 Å². The fourth-order valence-electron chi connectivity index (χ4n) is 5.61. The van der Waals surface area contributed by atoms with Crippen molar-refractivity contribution in [2.24, 2.45) is 29.6 Å². The van der Waals surface area contributed by atoms with Crippen LogP contribution in [0.3, 0.4) is 0 Å². The van der Waals surface area contributed by atoms with E-state index in [-0.39, 0.29) is 42.9 Å². The van der Waals surface area contributed by atoms with Crippen molar-refractivity contribution in [3.8, 4) is 11.8 Å². The average molecular weight is 659 g/mol. The molecule has 0 aromatic carbocycles. The number of carbonyl (C=O) groups excluding carboxylic acids is 4. The van der Waals surface area contributed by atoms with Gasteiger partial charge in [-0.1, -0.05) is 47.5 Å². The minimum Gasteiger partial charge on any atom is -0.504 e. The number of rotatable bonds is 8. The molecule has 2 saturated heterocycles. The molecular formula is C35H58N6O6. The lowest BCUT2D eigenvalue weighted by atomic mass is 9.82. The summed E-state index contributed by atoms with van der Waals surface area (Å²) in [7, 11) is 1.78. The summed E-state index contributed by atoms with van der Waals surface area (Å²) in [5, 5.41) is 23.3. The highest BCUT2D eigenvalue weighted by Gasteiger charge is 2.37. The van der Waals surface area contributed by atoms with Crippen LogP contribution in [0.1, 0.15) is 86.5 Å². The maximum absolute atomic E-state index is 12.0. The lowest BCUT2D eigenvalue weighted by Crippen LogP contribution is -2.36. The lowest BCUT2D eigenvalue weighted by molar-refractivity contribution is -0.130. The van der Waals surface area contributed by atoms with Crippen molar-refractivity contribution in [2.45, 2.75) is 98.6 Å². The number of nitriles is 1. The van der Waals surface area contributed by atoms with E-state index in [0.29, 0.717) is 18.9 Å². The van der Waals surface area contributed by atoms with Crippen LogP contribution >= 0.6 is 0 Å². The molecule has 5 rings (SSSR count). The van der Waals surface area contributed by atoms with Gasteiger partial charge < -0.3 is 30.3 Å². The lowest BCUT2D eigenvalue weighted by Gasteiger charge is -2.22. The van der Waals surface area contributed by atoms with Crippen LogP contribution in [-0.2, 0) is 23.9 Å². The number of ether oxygens (including phenoxy) is 1. The third-order valence-electron chi connectivity index (χ3n) is 8.35. The number of nitrogens with one attached hydrogen (secondary N) is 2. The smallest absolute Gasteiger partial charge is 0.241 e. The second-order valence-corrected chi connectivity index (χ2v) is 12.9. The summed E-state index contributed by atoms with van der Waals surface area (Å²) in [6.07, 6.45) is 11.3. The number of hydrogen-bond acceptors (Lipinski definition) is 8. The van der Waals surface area contributed by atoms with Gasteiger partial charge >= 0.3 is 0 Å². The molecule has 5 unspecified atom stereocenters. The zero-order valence-corrected chi connectivity index (χ0v) is 29.5. The van der Waals surface area contributed by atoms with Gasteiger partial charge in [0.05, 0.1) is 24.6 Å². The van der Waals surface area contributed by atoms with Crippen molar-refractivity contribution in [2.75, 3.05) is 38.6 Å². The number of aromatic nitrogens is 1. The molecule has 4 aliphatic rings. The Bertz CT molecular complexity index is 1110. The van der Waals surface area contributed by atoms with Gasteiger partial charge in [0.1, 0.15) is 6.04 Å². The molecule has 1 aromatic rings. The van der Waals surface area contributed by atoms with Crippen LogP contribution in [0.2, 0.25) is 0 Å². The van der Waals surface area contributed by atoms with E-state index in [1.165, 1.54) is 55.7 Å². The molecule has 3 heterocycles. The van der Waals surface area contributed by atoms with Gasteiger partial charge in [0.25, 0.3) is 0 Å². The number of amides is 4. The van der Waals surface area contributed by atoms with Gasteiger partial charge in [0.15, 0.2) is 11.6 Å². The molecule has 1 aromatic heterocycles. The molecule has 3 N–H and O–H groups in total. The number of methoxy groups -OCH3 is 1. The molecule has 0 bridgehead atoms. The highest BCUT2D eigenvalue weighted by Crippen LogP contribution is 2.36. The molecule has 2 aliphatic heterocycles. The molecular weight excluding hydrogens is 600 g/mol. The van der Waals surface area contributed by atoms with Crippen molar-refractivity contribution in [1.29, 1.82) is 5.26 Å². The first-order chi connectivity index (χ1) is 22.5. The largest absolute Gasteiger partial charge is 0.504 e. The second kappa shape index (κ2) is 22.7. The Labute approximate surface area is 281 Å². The number of aromatic hydroxyl groups is 1. The third kappa shape index (κ3) is 15.2. The molecule has 5 atom stereocenters. The molecule has 0 radical (unpaired) electrons. The summed E-state index contributed by atoms with van der Waals surface area (Å²) >= 11 is 0. The van der Waals surface area contributed by atoms with Crippen molar-refractivity contribution < 1.29 is 29.0 Å². The van der Waals surface area contributed by atoms with Crippen molar-refractivity contribution in [3.63, 3.8) is 0 Å². The van der Waals surface area contributed by atoms with Crippen LogP contribution in [-0.4, -0.2) is 90.0 Å². The van der Waals surface area contributed by atoms with E-state index < -0.39 is 12.0 Å². The predicted molar refractivity (Wildman–Crippen MR) is 182 cm³/mol. The number of anilines is 1. The van der Waals surface area contributed by atoms with Crippen molar-refractivity contribution in [3.05, 3.63) is 18.3 Å². The van der Waals surface area contributed by atoms with Gasteiger partial charge in [-0.05, 0) is 74.8 Å². The molecule has 4 amide bonds. The number of likely N-dealkylation sites (tertiary alicyclic amines) is 2. The first-order valence-corrected chi connectivity index (χ1v) is 17.1. The molecule has 2 aliphatic carbocycles. The normalized spacial score (nSPS) is 22.9. The Morgan fingerprint density at radius 2 is 1.68 bits per heavy atom. The maximum atomic E-state index is 12.0. The molecule has 12 nitrogen and oxygen atoms in total. The number of pyridine rings is 1. The standard InChI is InChI=1S/C12H12N4O3.C11H18N2O2.C6H12O.C4H10.C2H6/c13-5-9-4-8(6-16(9)7-17)12(19)15-11-10(18)2-1-3-14-11;14-8-12-5-11(15)13-6-9-3-1-2-4-10(9)7-13;1-5(7-2)6-3-4-6;1-4(2)3;1-2/h1-3,7-9,18H,4,6H2,(H,14,15,19);8-10H,1-7H2,(H,12,14);5-6H,3-4H2,1-2H3;4H,1-3H3;1-2H3. The van der Waals surface area contributed by atoms with Gasteiger partial charge in [0.2, 0.25) is 24.6 Å². The summed E-state index contributed by atoms with van der Waals surface area (Å²) < 4.78 is 5.07. The fraction of sp³-hybridized carbons (Fsp3) is 0.714. The minimum absolute atomic E-state index is 0.0662. The van der Waals surface area contributed by atoms with Crippen LogP contribution < -0.4 is 10.6 Å². The van der Waals surface area contributed by atoms with E-state index >= 15 is 0 Å². The summed E-state index contributed by atoms with van der Waals surface area (Å²) in [4.78, 5) is 51.5. The number of hydrogen-bond donors (Lipinski definition) is 3. The van der Waals surface area contributed by atoms with Crippen LogP contribution in [0.4, 0.5) is 5.82 Å². The highest BCUT2D eigenvalue weighted by molar-refractivity contribution is 5.93. The summed E-state index contributed by atoms with van der Waals surface area (Å²) in [6.45, 7) is 14.8. The Hall–Kier alpha value is -3.72. The molecule has 0 spiro atoms. The monoisotopic (exact) mass is 658 g/mol. The first-order valence-electron chi connectivity index (χ1n) is 17.1. The van der Waals surface area contributed by atoms with Gasteiger partial charge in [-0.3, -0.25) is 19.2 Å². The van der Waals surface area contributed by atoms with Gasteiger partial charge in [-0.2, -0.15) is 5.26 Å². The maximum Gasteiger partial charge on any atom is 0.241 e. The minimum atomic E-state index is -0.578. The van der Waals surface area contributed by atoms with Crippen LogP contribution in [0.25, 0.3) is 0 Å². The Kier molecular flexibility index (Phi) is 20.0. The zero-order valence-electron chi connectivity index (χ0n) is 29.5. The van der Waals surface area contributed by atoms with E-state index in [1.807, 2.05) is 24.8 Å². The first kappa shape index (κ1) is 41.3. The van der Waals surface area contributed by atoms with Gasteiger partial charge in [-0.25, -0.2) is 4.98 Å². The molecule has 12 heteroatoms. The SMILES string of the molecule is CC.CC(C)C.COC(C)C1CC1.N#CC1CC(C(=O)Nc2ncccc2O)CN1C=O.O=CNCC(=O)N1CC2CCCCC2C1. The summed E-state index contributed by atoms with van der Waals surface area (Å²) in [6, 6.07) is 4.35.